The Labute approximate surface area is 92.5 Å². The van der Waals surface area contributed by atoms with Crippen LogP contribution in [-0.2, 0) is 14.4 Å². The largest absolute Gasteiger partial charge is 0.385 e. The molecule has 4 nitrogen and oxygen atoms in total. The topological polar surface area (TPSA) is 47.9 Å². The molecule has 1 N–H and O–H groups in total. The predicted octanol–water partition coefficient (Wildman–Crippen LogP) is 2.48. The van der Waals surface area contributed by atoms with Crippen molar-refractivity contribution in [3.8, 4) is 0 Å². The summed E-state index contributed by atoms with van der Waals surface area (Å²) in [6.45, 7) is 8.94. The lowest BCUT2D eigenvalue weighted by Crippen LogP contribution is -2.31. The minimum absolute atomic E-state index is 0.193. The van der Waals surface area contributed by atoms with Crippen molar-refractivity contribution < 1.29 is 19.6 Å². The van der Waals surface area contributed by atoms with Gasteiger partial charge < -0.3 is 9.47 Å². The van der Waals surface area contributed by atoms with E-state index in [9.17, 15) is 0 Å². The summed E-state index contributed by atoms with van der Waals surface area (Å²) < 4.78 is 10.7. The third kappa shape index (κ3) is 7.73. The van der Waals surface area contributed by atoms with Gasteiger partial charge in [-0.2, -0.15) is 0 Å². The molecule has 0 aliphatic heterocycles. The molecule has 0 radical (unpaired) electrons. The zero-order chi connectivity index (χ0) is 11.9. The van der Waals surface area contributed by atoms with Crippen molar-refractivity contribution >= 4 is 0 Å². The van der Waals surface area contributed by atoms with Gasteiger partial charge in [0.05, 0.1) is 17.8 Å². The van der Waals surface area contributed by atoms with Gasteiger partial charge in [-0.25, -0.2) is 4.89 Å². The molecule has 0 atom stereocenters. The van der Waals surface area contributed by atoms with Gasteiger partial charge in [-0.15, -0.1) is 0 Å². The minimum atomic E-state index is -0.544. The lowest BCUT2D eigenvalue weighted by Gasteiger charge is -2.27. The molecular weight excluding hydrogens is 196 g/mol. The molecule has 0 aromatic carbocycles. The molecule has 0 rings (SSSR count). The van der Waals surface area contributed by atoms with Gasteiger partial charge in [0.15, 0.2) is 0 Å². The van der Waals surface area contributed by atoms with Crippen LogP contribution in [0.15, 0.2) is 0 Å². The van der Waals surface area contributed by atoms with E-state index in [1.165, 1.54) is 0 Å². The van der Waals surface area contributed by atoms with Crippen LogP contribution >= 0.6 is 0 Å². The zero-order valence-electron chi connectivity index (χ0n) is 10.5. The molecule has 0 aromatic heterocycles. The number of ether oxygens (including phenoxy) is 2. The number of hydrogen-bond acceptors (Lipinski definition) is 4. The van der Waals surface area contributed by atoms with Crippen molar-refractivity contribution in [3.63, 3.8) is 0 Å². The van der Waals surface area contributed by atoms with Crippen LogP contribution in [0, 0.1) is 0 Å². The van der Waals surface area contributed by atoms with E-state index in [4.69, 9.17) is 14.7 Å². The minimum Gasteiger partial charge on any atom is -0.385 e. The second kappa shape index (κ2) is 6.43. The highest BCUT2D eigenvalue weighted by Gasteiger charge is 2.22. The summed E-state index contributed by atoms with van der Waals surface area (Å²) in [5.74, 6) is 0. The third-order valence-electron chi connectivity index (χ3n) is 2.35. The van der Waals surface area contributed by atoms with Crippen molar-refractivity contribution in [2.24, 2.45) is 0 Å². The van der Waals surface area contributed by atoms with Crippen LogP contribution in [0.5, 0.6) is 0 Å². The molecule has 0 aromatic rings. The smallest absolute Gasteiger partial charge is 0.0999 e. The van der Waals surface area contributed by atoms with Crippen LogP contribution < -0.4 is 0 Å². The lowest BCUT2D eigenvalue weighted by molar-refractivity contribution is -0.316. The molecule has 0 heterocycles. The maximum absolute atomic E-state index is 8.59. The SMILES string of the molecule is COCCC(C)(C)OCCC(C)(C)OO. The lowest BCUT2D eigenvalue weighted by atomic mass is 10.0. The molecule has 0 saturated carbocycles. The Bertz CT molecular complexity index is 166. The first-order valence-corrected chi connectivity index (χ1v) is 5.28. The first kappa shape index (κ1) is 14.8. The van der Waals surface area contributed by atoms with Crippen LogP contribution in [0.3, 0.4) is 0 Å². The van der Waals surface area contributed by atoms with Gasteiger partial charge in [0, 0.05) is 20.1 Å². The molecule has 0 spiro atoms. The van der Waals surface area contributed by atoms with Crippen molar-refractivity contribution in [3.05, 3.63) is 0 Å². The van der Waals surface area contributed by atoms with Crippen molar-refractivity contribution in [1.82, 2.24) is 0 Å². The van der Waals surface area contributed by atoms with E-state index >= 15 is 0 Å². The van der Waals surface area contributed by atoms with Crippen LogP contribution in [-0.4, -0.2) is 36.8 Å². The zero-order valence-corrected chi connectivity index (χ0v) is 10.5. The average molecular weight is 220 g/mol. The summed E-state index contributed by atoms with van der Waals surface area (Å²) in [7, 11) is 1.68. The Morgan fingerprint density at radius 2 is 1.47 bits per heavy atom. The summed E-state index contributed by atoms with van der Waals surface area (Å²) in [6, 6.07) is 0. The highest BCUT2D eigenvalue weighted by atomic mass is 17.1. The Morgan fingerprint density at radius 3 is 1.93 bits per heavy atom. The van der Waals surface area contributed by atoms with Crippen LogP contribution in [0.4, 0.5) is 0 Å². The van der Waals surface area contributed by atoms with E-state index in [0.717, 1.165) is 6.42 Å². The van der Waals surface area contributed by atoms with Crippen molar-refractivity contribution in [2.75, 3.05) is 20.3 Å². The van der Waals surface area contributed by atoms with Crippen molar-refractivity contribution in [2.45, 2.75) is 51.7 Å². The summed E-state index contributed by atoms with van der Waals surface area (Å²) in [4.78, 5) is 4.33. The first-order chi connectivity index (χ1) is 6.83. The fourth-order valence-corrected chi connectivity index (χ4v) is 1.04. The summed E-state index contributed by atoms with van der Waals surface area (Å²) in [6.07, 6.45) is 1.50. The van der Waals surface area contributed by atoms with Gasteiger partial charge in [-0.3, -0.25) is 5.26 Å². The van der Waals surface area contributed by atoms with Gasteiger partial charge in [0.25, 0.3) is 0 Å². The first-order valence-electron chi connectivity index (χ1n) is 5.28. The Kier molecular flexibility index (Phi) is 6.36. The van der Waals surface area contributed by atoms with E-state index in [2.05, 4.69) is 4.89 Å². The molecule has 0 saturated heterocycles. The van der Waals surface area contributed by atoms with Crippen molar-refractivity contribution in [1.29, 1.82) is 0 Å². The highest BCUT2D eigenvalue weighted by molar-refractivity contribution is 4.71. The molecule has 0 aliphatic rings. The Balaban J connectivity index is 3.74. The van der Waals surface area contributed by atoms with Gasteiger partial charge in [0.1, 0.15) is 0 Å². The maximum atomic E-state index is 8.59. The van der Waals surface area contributed by atoms with Gasteiger partial charge >= 0.3 is 0 Å². The van der Waals surface area contributed by atoms with Crippen LogP contribution in [0.25, 0.3) is 0 Å². The molecule has 15 heavy (non-hydrogen) atoms. The molecule has 92 valence electrons. The molecule has 0 unspecified atom stereocenters. The van der Waals surface area contributed by atoms with Gasteiger partial charge in [-0.1, -0.05) is 0 Å². The van der Waals surface area contributed by atoms with Crippen LogP contribution in [0.2, 0.25) is 0 Å². The van der Waals surface area contributed by atoms with Gasteiger partial charge in [-0.05, 0) is 34.1 Å². The number of rotatable bonds is 8. The summed E-state index contributed by atoms with van der Waals surface area (Å²) >= 11 is 0. The fraction of sp³-hybridized carbons (Fsp3) is 1.00. The average Bonchev–Trinajstić information content (AvgIpc) is 2.14. The van der Waals surface area contributed by atoms with E-state index < -0.39 is 5.60 Å². The molecule has 0 bridgehead atoms. The van der Waals surface area contributed by atoms with E-state index in [0.29, 0.717) is 19.6 Å². The van der Waals surface area contributed by atoms with Gasteiger partial charge in [0.2, 0.25) is 0 Å². The monoisotopic (exact) mass is 220 g/mol. The molecule has 0 amide bonds. The van der Waals surface area contributed by atoms with E-state index in [1.54, 1.807) is 7.11 Å². The molecular formula is C11H24O4. The maximum Gasteiger partial charge on any atom is 0.0999 e. The number of methoxy groups -OCH3 is 1. The number of hydrogen-bond donors (Lipinski definition) is 1. The third-order valence-corrected chi connectivity index (χ3v) is 2.35. The Morgan fingerprint density at radius 1 is 0.933 bits per heavy atom. The Hall–Kier alpha value is -0.160. The second-order valence-electron chi connectivity index (χ2n) is 4.95. The van der Waals surface area contributed by atoms with E-state index in [1.807, 2.05) is 27.7 Å². The quantitative estimate of drug-likeness (QED) is 0.504. The fourth-order valence-electron chi connectivity index (χ4n) is 1.04. The summed E-state index contributed by atoms with van der Waals surface area (Å²) in [5, 5.41) is 8.59. The molecule has 4 heteroatoms. The van der Waals surface area contributed by atoms with E-state index in [-0.39, 0.29) is 5.60 Å². The molecule has 0 aliphatic carbocycles. The standard InChI is InChI=1S/C11H24O4/c1-10(2,6-8-13-5)14-9-7-11(3,4)15-12/h12H,6-9H2,1-5H3. The molecule has 0 fully saturated rings. The predicted molar refractivity (Wildman–Crippen MR) is 58.9 cm³/mol. The summed E-state index contributed by atoms with van der Waals surface area (Å²) in [5.41, 5.74) is -0.737. The highest BCUT2D eigenvalue weighted by Crippen LogP contribution is 2.18. The van der Waals surface area contributed by atoms with Crippen LogP contribution in [0.1, 0.15) is 40.5 Å². The second-order valence-corrected chi connectivity index (χ2v) is 4.95. The normalized spacial score (nSPS) is 13.2.